The third-order valence-electron chi connectivity index (χ3n) is 6.10. The van der Waals surface area contributed by atoms with Crippen molar-refractivity contribution >= 4 is 28.8 Å². The molecule has 1 aliphatic rings. The number of imidazole rings is 1. The maximum absolute atomic E-state index is 13.1. The van der Waals surface area contributed by atoms with E-state index in [2.05, 4.69) is 22.2 Å². The lowest BCUT2D eigenvalue weighted by Gasteiger charge is -2.34. The van der Waals surface area contributed by atoms with Gasteiger partial charge >= 0.3 is 6.18 Å². The lowest BCUT2D eigenvalue weighted by atomic mass is 9.89. The quantitative estimate of drug-likeness (QED) is 0.490. The molecule has 4 rings (SSSR count). The number of hydrogen-bond acceptors (Lipinski definition) is 3. The van der Waals surface area contributed by atoms with E-state index in [1.807, 2.05) is 29.7 Å². The van der Waals surface area contributed by atoms with E-state index in [9.17, 15) is 22.8 Å². The number of carbonyl (C=O) groups is 2. The number of nitrogens with one attached hydrogen (secondary N) is 2. The number of rotatable bonds is 5. The number of benzene rings is 2. The maximum atomic E-state index is 13.1. The second kappa shape index (κ2) is 9.32. The number of carbonyl (C=O) groups excluding carboxylic acids is 2. The molecule has 0 saturated heterocycles. The zero-order chi connectivity index (χ0) is 24.5. The Morgan fingerprint density at radius 2 is 1.91 bits per heavy atom. The first-order valence-electron chi connectivity index (χ1n) is 11.1. The molecule has 1 saturated carbocycles. The minimum Gasteiger partial charge on any atom is -0.348 e. The Bertz CT molecular complexity index is 1250. The third-order valence-corrected chi connectivity index (χ3v) is 6.10. The number of fused-ring (bicyclic) bond motifs is 1. The van der Waals surface area contributed by atoms with Crippen LogP contribution in [-0.2, 0) is 11.0 Å². The summed E-state index contributed by atoms with van der Waals surface area (Å²) in [5.74, 6) is -0.749. The van der Waals surface area contributed by atoms with E-state index in [4.69, 9.17) is 0 Å². The molecule has 0 unspecified atom stereocenters. The van der Waals surface area contributed by atoms with Crippen molar-refractivity contribution in [2.75, 3.05) is 5.32 Å². The molecule has 1 aromatic heterocycles. The highest BCUT2D eigenvalue weighted by Crippen LogP contribution is 2.35. The van der Waals surface area contributed by atoms with Gasteiger partial charge in [-0.1, -0.05) is 31.6 Å². The van der Waals surface area contributed by atoms with E-state index in [1.165, 1.54) is 18.2 Å². The van der Waals surface area contributed by atoms with Crippen molar-refractivity contribution in [2.45, 2.75) is 50.9 Å². The Kier molecular flexibility index (Phi) is 6.45. The zero-order valence-electron chi connectivity index (χ0n) is 18.7. The Hall–Kier alpha value is -3.62. The van der Waals surface area contributed by atoms with Gasteiger partial charge in [0.05, 0.1) is 22.6 Å². The lowest BCUT2D eigenvalue weighted by molar-refractivity contribution is -0.137. The van der Waals surface area contributed by atoms with Gasteiger partial charge in [0.15, 0.2) is 0 Å². The standard InChI is InChI=1S/C25H25F3N4O2/c1-3-22(33)29-18-9-4-5-10-20(18)32-21-12-11-15(2)13-19(21)30-24(32)31-23(34)16-7-6-8-17(14-16)25(26,27)28/h3,6-8,11-14,18,20H,1,4-5,9-10H2,2H3,(H,29,33)(H,30,31,34)/t18-,20-/m1/s1. The topological polar surface area (TPSA) is 76.0 Å². The first kappa shape index (κ1) is 23.5. The molecule has 1 fully saturated rings. The number of aryl methyl sites for hydroxylation is 1. The van der Waals surface area contributed by atoms with Crippen molar-refractivity contribution in [3.63, 3.8) is 0 Å². The van der Waals surface area contributed by atoms with Crippen LogP contribution in [0.15, 0.2) is 55.1 Å². The normalized spacial score (nSPS) is 18.5. The molecule has 1 heterocycles. The zero-order valence-corrected chi connectivity index (χ0v) is 18.7. The Labute approximate surface area is 194 Å². The molecule has 178 valence electrons. The van der Waals surface area contributed by atoms with Crippen molar-refractivity contribution in [1.29, 1.82) is 0 Å². The lowest BCUT2D eigenvalue weighted by Crippen LogP contribution is -2.42. The van der Waals surface area contributed by atoms with Crippen molar-refractivity contribution in [3.05, 3.63) is 71.8 Å². The Morgan fingerprint density at radius 3 is 2.65 bits per heavy atom. The van der Waals surface area contributed by atoms with Crippen LogP contribution in [0.5, 0.6) is 0 Å². The molecule has 0 spiro atoms. The smallest absolute Gasteiger partial charge is 0.348 e. The summed E-state index contributed by atoms with van der Waals surface area (Å²) in [5, 5.41) is 5.69. The van der Waals surface area contributed by atoms with Crippen molar-refractivity contribution in [3.8, 4) is 0 Å². The summed E-state index contributed by atoms with van der Waals surface area (Å²) in [6.07, 6.45) is 0.0234. The maximum Gasteiger partial charge on any atom is 0.416 e. The first-order chi connectivity index (χ1) is 16.2. The number of nitrogens with zero attached hydrogens (tertiary/aromatic N) is 2. The molecule has 2 amide bonds. The SMILES string of the molecule is C=CC(=O)N[C@@H]1CCCC[C@H]1n1c(NC(=O)c2cccc(C(F)(F)F)c2)nc2cc(C)ccc21. The highest BCUT2D eigenvalue weighted by Gasteiger charge is 2.33. The van der Waals surface area contributed by atoms with Gasteiger partial charge in [-0.3, -0.25) is 14.9 Å². The van der Waals surface area contributed by atoms with Crippen LogP contribution in [0.4, 0.5) is 19.1 Å². The fourth-order valence-electron chi connectivity index (χ4n) is 4.47. The largest absolute Gasteiger partial charge is 0.416 e. The van der Waals surface area contributed by atoms with Crippen LogP contribution in [0.2, 0.25) is 0 Å². The van der Waals surface area contributed by atoms with Crippen LogP contribution in [0, 0.1) is 6.92 Å². The summed E-state index contributed by atoms with van der Waals surface area (Å²) in [6, 6.07) is 9.58. The summed E-state index contributed by atoms with van der Waals surface area (Å²) >= 11 is 0. The number of aromatic nitrogens is 2. The molecule has 2 aromatic carbocycles. The van der Waals surface area contributed by atoms with Crippen LogP contribution in [0.1, 0.15) is 53.2 Å². The molecule has 0 aliphatic heterocycles. The molecule has 6 nitrogen and oxygen atoms in total. The molecule has 2 atom stereocenters. The number of anilines is 1. The molecule has 2 N–H and O–H groups in total. The van der Waals surface area contributed by atoms with Gasteiger partial charge in [-0.15, -0.1) is 0 Å². The van der Waals surface area contributed by atoms with Gasteiger partial charge in [0.1, 0.15) is 0 Å². The van der Waals surface area contributed by atoms with Gasteiger partial charge in [0.25, 0.3) is 5.91 Å². The number of alkyl halides is 3. The summed E-state index contributed by atoms with van der Waals surface area (Å²) in [4.78, 5) is 29.6. The molecule has 3 aromatic rings. The first-order valence-corrected chi connectivity index (χ1v) is 11.1. The molecule has 0 radical (unpaired) electrons. The van der Waals surface area contributed by atoms with Crippen molar-refractivity contribution in [1.82, 2.24) is 14.9 Å². The fraction of sp³-hybridized carbons (Fsp3) is 0.320. The van der Waals surface area contributed by atoms with E-state index in [-0.39, 0.29) is 29.5 Å². The minimum atomic E-state index is -4.56. The summed E-state index contributed by atoms with van der Waals surface area (Å²) in [7, 11) is 0. The van der Waals surface area contributed by atoms with Crippen LogP contribution >= 0.6 is 0 Å². The van der Waals surface area contributed by atoms with Gasteiger partial charge in [-0.2, -0.15) is 13.2 Å². The van der Waals surface area contributed by atoms with E-state index in [0.717, 1.165) is 48.9 Å². The molecule has 34 heavy (non-hydrogen) atoms. The summed E-state index contributed by atoms with van der Waals surface area (Å²) in [6.45, 7) is 5.44. The second-order valence-electron chi connectivity index (χ2n) is 8.50. The van der Waals surface area contributed by atoms with Gasteiger partial charge in [-0.25, -0.2) is 4.98 Å². The van der Waals surface area contributed by atoms with Crippen LogP contribution in [-0.4, -0.2) is 27.4 Å². The van der Waals surface area contributed by atoms with E-state index >= 15 is 0 Å². The average Bonchev–Trinajstić information content (AvgIpc) is 3.15. The van der Waals surface area contributed by atoms with E-state index < -0.39 is 17.6 Å². The molecule has 9 heteroatoms. The van der Waals surface area contributed by atoms with Gasteiger partial charge < -0.3 is 9.88 Å². The molecule has 0 bridgehead atoms. The van der Waals surface area contributed by atoms with Crippen molar-refractivity contribution in [2.24, 2.45) is 0 Å². The number of amides is 2. The van der Waals surface area contributed by atoms with E-state index in [0.29, 0.717) is 5.52 Å². The van der Waals surface area contributed by atoms with Gasteiger partial charge in [0, 0.05) is 11.6 Å². The monoisotopic (exact) mass is 470 g/mol. The molecular weight excluding hydrogens is 445 g/mol. The average molecular weight is 470 g/mol. The second-order valence-corrected chi connectivity index (χ2v) is 8.50. The third kappa shape index (κ3) is 4.83. The summed E-state index contributed by atoms with van der Waals surface area (Å²) < 4.78 is 41.3. The molecular formula is C25H25F3N4O2. The van der Waals surface area contributed by atoms with Crippen LogP contribution in [0.25, 0.3) is 11.0 Å². The van der Waals surface area contributed by atoms with Gasteiger partial charge in [0.2, 0.25) is 11.9 Å². The Balaban J connectivity index is 1.74. The fourth-order valence-corrected chi connectivity index (χ4v) is 4.47. The molecule has 1 aliphatic carbocycles. The van der Waals surface area contributed by atoms with E-state index in [1.54, 1.807) is 0 Å². The van der Waals surface area contributed by atoms with Crippen LogP contribution in [0.3, 0.4) is 0 Å². The van der Waals surface area contributed by atoms with Crippen molar-refractivity contribution < 1.29 is 22.8 Å². The predicted molar refractivity (Wildman–Crippen MR) is 123 cm³/mol. The predicted octanol–water partition coefficient (Wildman–Crippen LogP) is 5.40. The number of hydrogen-bond donors (Lipinski definition) is 2. The Morgan fingerprint density at radius 1 is 1.15 bits per heavy atom. The van der Waals surface area contributed by atoms with Crippen LogP contribution < -0.4 is 10.6 Å². The minimum absolute atomic E-state index is 0.121. The number of halogens is 3. The highest BCUT2D eigenvalue weighted by atomic mass is 19.4. The highest BCUT2D eigenvalue weighted by molar-refractivity contribution is 6.04. The summed E-state index contributed by atoms with van der Waals surface area (Å²) in [5.41, 5.74) is 1.38. The van der Waals surface area contributed by atoms with Gasteiger partial charge in [-0.05, 0) is 61.7 Å².